The van der Waals surface area contributed by atoms with Crippen molar-refractivity contribution in [3.05, 3.63) is 81.5 Å². The molecule has 3 aromatic rings. The highest BCUT2D eigenvalue weighted by Crippen LogP contribution is 2.23. The molecule has 0 spiro atoms. The van der Waals surface area contributed by atoms with Gasteiger partial charge in [-0.25, -0.2) is 4.68 Å². The summed E-state index contributed by atoms with van der Waals surface area (Å²) in [5.74, 6) is 0.538. The van der Waals surface area contributed by atoms with Gasteiger partial charge in [0.2, 0.25) is 0 Å². The second-order valence-corrected chi connectivity index (χ2v) is 8.37. The lowest BCUT2D eigenvalue weighted by Gasteiger charge is -2.34. The number of para-hydroxylation sites is 1. The minimum atomic E-state index is -0.0490. The molecular weight excluding hydrogens is 468 g/mol. The predicted molar refractivity (Wildman–Crippen MR) is 120 cm³/mol. The van der Waals surface area contributed by atoms with E-state index < -0.39 is 0 Å². The van der Waals surface area contributed by atoms with E-state index in [4.69, 9.17) is 16.3 Å². The molecule has 1 fully saturated rings. The van der Waals surface area contributed by atoms with Gasteiger partial charge in [-0.1, -0.05) is 57.9 Å². The summed E-state index contributed by atoms with van der Waals surface area (Å²) in [5, 5.41) is 4.91. The zero-order valence-electron chi connectivity index (χ0n) is 16.4. The van der Waals surface area contributed by atoms with Gasteiger partial charge in [0.1, 0.15) is 5.75 Å². The highest BCUT2D eigenvalue weighted by molar-refractivity contribution is 9.10. The minimum absolute atomic E-state index is 0.0490. The Hall–Kier alpha value is -2.35. The molecule has 0 radical (unpaired) electrons. The van der Waals surface area contributed by atoms with Gasteiger partial charge in [0, 0.05) is 43.4 Å². The first kappa shape index (κ1) is 20.9. The number of carbonyl (C=O) groups excluding carboxylic acids is 1. The van der Waals surface area contributed by atoms with Crippen LogP contribution in [0.5, 0.6) is 5.75 Å². The predicted octanol–water partition coefficient (Wildman–Crippen LogP) is 4.29. The van der Waals surface area contributed by atoms with E-state index in [0.717, 1.165) is 24.1 Å². The van der Waals surface area contributed by atoms with Gasteiger partial charge in [0.15, 0.2) is 12.4 Å². The highest BCUT2D eigenvalue weighted by atomic mass is 79.9. The summed E-state index contributed by atoms with van der Waals surface area (Å²) in [6, 6.07) is 17.2. The number of carbonyl (C=O) groups is 1. The van der Waals surface area contributed by atoms with Crippen LogP contribution in [0.15, 0.2) is 65.3 Å². The van der Waals surface area contributed by atoms with E-state index >= 15 is 0 Å². The number of hydrogen-bond acceptors (Lipinski definition) is 4. The van der Waals surface area contributed by atoms with Crippen molar-refractivity contribution < 1.29 is 9.53 Å². The van der Waals surface area contributed by atoms with Crippen molar-refractivity contribution in [2.75, 3.05) is 26.2 Å². The zero-order chi connectivity index (χ0) is 20.9. The first-order valence-electron chi connectivity index (χ1n) is 9.76. The molecule has 2 heterocycles. The summed E-state index contributed by atoms with van der Waals surface area (Å²) >= 11 is 9.70. The molecule has 1 saturated heterocycles. The number of ether oxygens (including phenoxy) is 1. The summed E-state index contributed by atoms with van der Waals surface area (Å²) in [4.78, 5) is 17.0. The lowest BCUT2D eigenvalue weighted by molar-refractivity contribution is 0.0620. The number of piperazine rings is 1. The Balaban J connectivity index is 1.29. The molecule has 1 aliphatic rings. The average molecular weight is 490 g/mol. The van der Waals surface area contributed by atoms with Crippen molar-refractivity contribution in [2.45, 2.75) is 13.3 Å². The van der Waals surface area contributed by atoms with Crippen molar-refractivity contribution in [3.8, 4) is 5.75 Å². The van der Waals surface area contributed by atoms with Gasteiger partial charge in [-0.05, 0) is 29.8 Å². The summed E-state index contributed by atoms with van der Waals surface area (Å²) < 4.78 is 8.39. The fourth-order valence-electron chi connectivity index (χ4n) is 3.38. The third kappa shape index (κ3) is 5.03. The van der Waals surface area contributed by atoms with E-state index in [9.17, 15) is 4.79 Å². The summed E-state index contributed by atoms with van der Waals surface area (Å²) in [6.45, 7) is 4.11. The maximum Gasteiger partial charge on any atom is 0.274 e. The summed E-state index contributed by atoms with van der Waals surface area (Å²) in [6.07, 6.45) is 1.74. The summed E-state index contributed by atoms with van der Waals surface area (Å²) in [5.41, 5.74) is 1.69. The maximum atomic E-state index is 12.8. The Morgan fingerprint density at radius 1 is 1.03 bits per heavy atom. The molecule has 1 amide bonds. The largest absolute Gasteiger partial charge is 0.470 e. The third-order valence-electron chi connectivity index (χ3n) is 5.06. The molecule has 2 aromatic carbocycles. The molecule has 1 aromatic heterocycles. The normalized spacial score (nSPS) is 14.7. The van der Waals surface area contributed by atoms with E-state index in [-0.39, 0.29) is 12.6 Å². The third-order valence-corrected chi connectivity index (χ3v) is 6.15. The molecule has 0 bridgehead atoms. The van der Waals surface area contributed by atoms with Gasteiger partial charge in [-0.15, -0.1) is 0 Å². The molecule has 0 unspecified atom stereocenters. The fourth-order valence-corrected chi connectivity index (χ4v) is 3.98. The SMILES string of the molecule is O=C(c1ccn(COc2ccccc2Cl)n1)N1CCN(Cc2ccccc2Br)CC1. The van der Waals surface area contributed by atoms with Crippen LogP contribution in [0.1, 0.15) is 16.1 Å². The van der Waals surface area contributed by atoms with Crippen LogP contribution in [0.25, 0.3) is 0 Å². The molecule has 6 nitrogen and oxygen atoms in total. The van der Waals surface area contributed by atoms with Crippen molar-refractivity contribution in [1.29, 1.82) is 0 Å². The van der Waals surface area contributed by atoms with Gasteiger partial charge < -0.3 is 9.64 Å². The van der Waals surface area contributed by atoms with Gasteiger partial charge in [0.05, 0.1) is 5.02 Å². The Bertz CT molecular complexity index is 1020. The van der Waals surface area contributed by atoms with E-state index in [1.807, 2.05) is 29.2 Å². The van der Waals surface area contributed by atoms with Crippen molar-refractivity contribution in [3.63, 3.8) is 0 Å². The first-order valence-corrected chi connectivity index (χ1v) is 10.9. The van der Waals surface area contributed by atoms with Gasteiger partial charge in [-0.2, -0.15) is 5.10 Å². The standard InChI is InChI=1S/C22H22BrClN4O2/c23-18-6-2-1-5-17(18)15-26-11-13-27(14-12-26)22(29)20-9-10-28(25-20)16-30-21-8-4-3-7-19(21)24/h1-10H,11-16H2. The van der Waals surface area contributed by atoms with E-state index in [1.54, 1.807) is 29.1 Å². The molecule has 0 N–H and O–H groups in total. The molecule has 0 aliphatic carbocycles. The Labute approximate surface area is 189 Å². The lowest BCUT2D eigenvalue weighted by Crippen LogP contribution is -2.48. The second kappa shape index (κ2) is 9.64. The molecule has 156 valence electrons. The monoisotopic (exact) mass is 488 g/mol. The number of halogens is 2. The number of amides is 1. The number of aromatic nitrogens is 2. The topological polar surface area (TPSA) is 50.6 Å². The number of hydrogen-bond donors (Lipinski definition) is 0. The van der Waals surface area contributed by atoms with Gasteiger partial charge in [-0.3, -0.25) is 9.69 Å². The van der Waals surface area contributed by atoms with Crippen molar-refractivity contribution >= 4 is 33.4 Å². The molecule has 0 atom stereocenters. The van der Waals surface area contributed by atoms with Crippen LogP contribution in [-0.4, -0.2) is 51.7 Å². The van der Waals surface area contributed by atoms with Crippen molar-refractivity contribution in [1.82, 2.24) is 19.6 Å². The second-order valence-electron chi connectivity index (χ2n) is 7.10. The van der Waals surface area contributed by atoms with E-state index in [0.29, 0.717) is 29.6 Å². The van der Waals surface area contributed by atoms with E-state index in [2.05, 4.69) is 38.1 Å². The molecular formula is C22H22BrClN4O2. The molecule has 4 rings (SSSR count). The van der Waals surface area contributed by atoms with Crippen LogP contribution in [0, 0.1) is 0 Å². The maximum absolute atomic E-state index is 12.8. The molecule has 1 aliphatic heterocycles. The Kier molecular flexibility index (Phi) is 6.72. The van der Waals surface area contributed by atoms with Crippen LogP contribution in [-0.2, 0) is 13.3 Å². The number of rotatable bonds is 6. The average Bonchev–Trinajstić information content (AvgIpc) is 3.24. The van der Waals surface area contributed by atoms with Crippen LogP contribution in [0.4, 0.5) is 0 Å². The number of benzene rings is 2. The van der Waals surface area contributed by atoms with Crippen LogP contribution in [0.2, 0.25) is 5.02 Å². The van der Waals surface area contributed by atoms with Gasteiger partial charge in [0.25, 0.3) is 5.91 Å². The highest BCUT2D eigenvalue weighted by Gasteiger charge is 2.24. The fraction of sp³-hybridized carbons (Fsp3) is 0.273. The Morgan fingerprint density at radius 2 is 1.77 bits per heavy atom. The molecule has 0 saturated carbocycles. The minimum Gasteiger partial charge on any atom is -0.470 e. The van der Waals surface area contributed by atoms with Gasteiger partial charge >= 0.3 is 0 Å². The lowest BCUT2D eigenvalue weighted by atomic mass is 10.2. The summed E-state index contributed by atoms with van der Waals surface area (Å²) in [7, 11) is 0. The molecule has 8 heteroatoms. The smallest absolute Gasteiger partial charge is 0.274 e. The van der Waals surface area contributed by atoms with Crippen LogP contribution >= 0.6 is 27.5 Å². The van der Waals surface area contributed by atoms with Crippen LogP contribution in [0.3, 0.4) is 0 Å². The zero-order valence-corrected chi connectivity index (χ0v) is 18.7. The van der Waals surface area contributed by atoms with Crippen molar-refractivity contribution in [2.24, 2.45) is 0 Å². The quantitative estimate of drug-likeness (QED) is 0.518. The first-order chi connectivity index (χ1) is 14.6. The van der Waals surface area contributed by atoms with E-state index in [1.165, 1.54) is 5.56 Å². The Morgan fingerprint density at radius 3 is 2.53 bits per heavy atom. The van der Waals surface area contributed by atoms with Crippen LogP contribution < -0.4 is 4.74 Å². The molecule has 30 heavy (non-hydrogen) atoms. The number of nitrogens with zero attached hydrogens (tertiary/aromatic N) is 4.